The molecule has 1 heteroatoms. The smallest absolute Gasteiger partial charge is 0.0177 e. The van der Waals surface area contributed by atoms with Crippen molar-refractivity contribution in [3.63, 3.8) is 0 Å². The van der Waals surface area contributed by atoms with Gasteiger partial charge in [-0.25, -0.2) is 0 Å². The first-order chi connectivity index (χ1) is 5.65. The van der Waals surface area contributed by atoms with Gasteiger partial charge in [0.1, 0.15) is 0 Å². The average Bonchev–Trinajstić information content (AvgIpc) is 2.34. The molecule has 1 rings (SSSR count). The van der Waals surface area contributed by atoms with Gasteiger partial charge in [-0.1, -0.05) is 19.9 Å². The zero-order valence-corrected chi connectivity index (χ0v) is 8.22. The van der Waals surface area contributed by atoms with Crippen LogP contribution in [0.25, 0.3) is 5.57 Å². The molecule has 0 N–H and O–H groups in total. The maximum atomic E-state index is 3.93. The van der Waals surface area contributed by atoms with Crippen LogP contribution < -0.4 is 0 Å². The highest BCUT2D eigenvalue weighted by molar-refractivity contribution is 5.61. The molecule has 0 atom stereocenters. The summed E-state index contributed by atoms with van der Waals surface area (Å²) >= 11 is 0. The molecule has 0 saturated heterocycles. The average molecular weight is 163 g/mol. The van der Waals surface area contributed by atoms with Crippen LogP contribution in [-0.2, 0) is 13.5 Å². The number of hydrogen-bond acceptors (Lipinski definition) is 0. The number of allylic oxidation sites excluding steroid dienone is 1. The lowest BCUT2D eigenvalue weighted by molar-refractivity contribution is 0.787. The Bertz CT molecular complexity index is 281. The number of aryl methyl sites for hydroxylation is 2. The zero-order valence-electron chi connectivity index (χ0n) is 8.22. The summed E-state index contributed by atoms with van der Waals surface area (Å²) in [5, 5.41) is 0. The third-order valence-corrected chi connectivity index (χ3v) is 2.11. The minimum absolute atomic E-state index is 1.15. The molecule has 12 heavy (non-hydrogen) atoms. The van der Waals surface area contributed by atoms with E-state index in [1.54, 1.807) is 0 Å². The SMILES string of the molecule is C=C(C)c1cc(CCC)n(C)c1. The molecule has 1 heterocycles. The van der Waals surface area contributed by atoms with Gasteiger partial charge in [0, 0.05) is 18.9 Å². The van der Waals surface area contributed by atoms with E-state index in [0.717, 1.165) is 12.0 Å². The van der Waals surface area contributed by atoms with E-state index in [0.29, 0.717) is 0 Å². The largest absolute Gasteiger partial charge is 0.354 e. The van der Waals surface area contributed by atoms with Gasteiger partial charge in [0.15, 0.2) is 0 Å². The Kier molecular flexibility index (Phi) is 2.74. The van der Waals surface area contributed by atoms with Gasteiger partial charge in [-0.3, -0.25) is 0 Å². The number of rotatable bonds is 3. The topological polar surface area (TPSA) is 4.93 Å². The highest BCUT2D eigenvalue weighted by Gasteiger charge is 2.01. The Labute approximate surface area is 74.7 Å². The second-order valence-electron chi connectivity index (χ2n) is 3.36. The van der Waals surface area contributed by atoms with Crippen LogP contribution in [0.2, 0.25) is 0 Å². The molecular formula is C11H17N. The highest BCUT2D eigenvalue weighted by Crippen LogP contribution is 2.15. The molecule has 0 aromatic carbocycles. The molecule has 66 valence electrons. The van der Waals surface area contributed by atoms with Gasteiger partial charge >= 0.3 is 0 Å². The summed E-state index contributed by atoms with van der Waals surface area (Å²) in [6.07, 6.45) is 4.50. The molecule has 0 unspecified atom stereocenters. The van der Waals surface area contributed by atoms with Crippen LogP contribution in [0.15, 0.2) is 18.8 Å². The van der Waals surface area contributed by atoms with Gasteiger partial charge in [0.05, 0.1) is 0 Å². The van der Waals surface area contributed by atoms with E-state index >= 15 is 0 Å². The summed E-state index contributed by atoms with van der Waals surface area (Å²) in [5.74, 6) is 0. The molecule has 0 amide bonds. The van der Waals surface area contributed by atoms with Crippen molar-refractivity contribution in [1.82, 2.24) is 4.57 Å². The molecule has 0 bridgehead atoms. The van der Waals surface area contributed by atoms with Crippen LogP contribution in [0.1, 0.15) is 31.5 Å². The van der Waals surface area contributed by atoms with E-state index in [1.165, 1.54) is 17.7 Å². The summed E-state index contributed by atoms with van der Waals surface area (Å²) in [6, 6.07) is 2.23. The standard InChI is InChI=1S/C11H17N/c1-5-6-11-7-10(9(2)3)8-12(11)4/h7-8H,2,5-6H2,1,3-4H3. The van der Waals surface area contributed by atoms with Gasteiger partial charge in [-0.15, -0.1) is 0 Å². The van der Waals surface area contributed by atoms with Gasteiger partial charge in [0.2, 0.25) is 0 Å². The van der Waals surface area contributed by atoms with Crippen LogP contribution in [0.4, 0.5) is 0 Å². The van der Waals surface area contributed by atoms with Crippen LogP contribution in [0.5, 0.6) is 0 Å². The minimum atomic E-state index is 1.15. The van der Waals surface area contributed by atoms with Gasteiger partial charge in [-0.05, 0) is 30.5 Å². The Morgan fingerprint density at radius 1 is 1.58 bits per heavy atom. The minimum Gasteiger partial charge on any atom is -0.354 e. The molecular weight excluding hydrogens is 146 g/mol. The number of hydrogen-bond donors (Lipinski definition) is 0. The monoisotopic (exact) mass is 163 g/mol. The highest BCUT2D eigenvalue weighted by atomic mass is 14.9. The first-order valence-corrected chi connectivity index (χ1v) is 4.46. The van der Waals surface area contributed by atoms with Crippen molar-refractivity contribution in [2.45, 2.75) is 26.7 Å². The first-order valence-electron chi connectivity index (χ1n) is 4.46. The zero-order chi connectivity index (χ0) is 9.14. The summed E-state index contributed by atoms with van der Waals surface area (Å²) < 4.78 is 2.19. The van der Waals surface area contributed by atoms with Gasteiger partial charge in [-0.2, -0.15) is 0 Å². The lowest BCUT2D eigenvalue weighted by Gasteiger charge is -1.98. The summed E-state index contributed by atoms with van der Waals surface area (Å²) in [4.78, 5) is 0. The van der Waals surface area contributed by atoms with Crippen molar-refractivity contribution in [3.05, 3.63) is 30.1 Å². The molecule has 0 aliphatic rings. The molecule has 0 radical (unpaired) electrons. The molecule has 1 aromatic rings. The molecule has 1 nitrogen and oxygen atoms in total. The van der Waals surface area contributed by atoms with Crippen molar-refractivity contribution in [2.24, 2.45) is 7.05 Å². The fourth-order valence-corrected chi connectivity index (χ4v) is 1.35. The van der Waals surface area contributed by atoms with Crippen molar-refractivity contribution >= 4 is 5.57 Å². The molecule has 0 saturated carbocycles. The van der Waals surface area contributed by atoms with Crippen LogP contribution in [-0.4, -0.2) is 4.57 Å². The van der Waals surface area contributed by atoms with Crippen LogP contribution in [0, 0.1) is 0 Å². The van der Waals surface area contributed by atoms with E-state index in [9.17, 15) is 0 Å². The van der Waals surface area contributed by atoms with Gasteiger partial charge < -0.3 is 4.57 Å². The van der Waals surface area contributed by atoms with Crippen LogP contribution in [0.3, 0.4) is 0 Å². The maximum absolute atomic E-state index is 3.93. The van der Waals surface area contributed by atoms with E-state index < -0.39 is 0 Å². The fourth-order valence-electron chi connectivity index (χ4n) is 1.35. The summed E-state index contributed by atoms with van der Waals surface area (Å²) in [5.41, 5.74) is 3.81. The van der Waals surface area contributed by atoms with E-state index in [2.05, 4.69) is 37.4 Å². The Hall–Kier alpha value is -0.980. The number of nitrogens with zero attached hydrogens (tertiary/aromatic N) is 1. The van der Waals surface area contributed by atoms with E-state index in [1.807, 2.05) is 6.92 Å². The Morgan fingerprint density at radius 3 is 2.67 bits per heavy atom. The van der Waals surface area contributed by atoms with Crippen LogP contribution >= 0.6 is 0 Å². The predicted octanol–water partition coefficient (Wildman–Crippen LogP) is 3.01. The van der Waals surface area contributed by atoms with E-state index in [4.69, 9.17) is 0 Å². The Morgan fingerprint density at radius 2 is 2.25 bits per heavy atom. The predicted molar refractivity (Wildman–Crippen MR) is 54.1 cm³/mol. The van der Waals surface area contributed by atoms with Crippen molar-refractivity contribution in [2.75, 3.05) is 0 Å². The first kappa shape index (κ1) is 9.11. The maximum Gasteiger partial charge on any atom is 0.0177 e. The van der Waals surface area contributed by atoms with Crippen molar-refractivity contribution < 1.29 is 0 Å². The third-order valence-electron chi connectivity index (χ3n) is 2.11. The molecule has 1 aromatic heterocycles. The Balaban J connectivity index is 2.92. The lowest BCUT2D eigenvalue weighted by Crippen LogP contribution is -1.92. The molecule has 0 aliphatic heterocycles. The second-order valence-corrected chi connectivity index (χ2v) is 3.36. The lowest BCUT2D eigenvalue weighted by atomic mass is 10.1. The molecule has 0 spiro atoms. The molecule has 0 fully saturated rings. The summed E-state index contributed by atoms with van der Waals surface area (Å²) in [6.45, 7) is 8.18. The quantitative estimate of drug-likeness (QED) is 0.645. The molecule has 0 aliphatic carbocycles. The van der Waals surface area contributed by atoms with E-state index in [-0.39, 0.29) is 0 Å². The number of aromatic nitrogens is 1. The second kappa shape index (κ2) is 3.61. The normalized spacial score (nSPS) is 10.2. The van der Waals surface area contributed by atoms with Crippen molar-refractivity contribution in [3.8, 4) is 0 Å². The third kappa shape index (κ3) is 1.79. The summed E-state index contributed by atoms with van der Waals surface area (Å²) in [7, 11) is 2.09. The van der Waals surface area contributed by atoms with Crippen molar-refractivity contribution in [1.29, 1.82) is 0 Å². The fraction of sp³-hybridized carbons (Fsp3) is 0.455. The van der Waals surface area contributed by atoms with Gasteiger partial charge in [0.25, 0.3) is 0 Å².